The minimum atomic E-state index is -0.812. The summed E-state index contributed by atoms with van der Waals surface area (Å²) in [6, 6.07) is -0.812. The van der Waals surface area contributed by atoms with Gasteiger partial charge in [-0.1, -0.05) is 0 Å². The van der Waals surface area contributed by atoms with Gasteiger partial charge < -0.3 is 10.8 Å². The van der Waals surface area contributed by atoms with E-state index in [-0.39, 0.29) is 5.90 Å². The largest absolute Gasteiger partial charge is 0.582 e. The van der Waals surface area contributed by atoms with Crippen molar-refractivity contribution in [2.75, 3.05) is 0 Å². The first-order chi connectivity index (χ1) is 3.13. The first-order valence-corrected chi connectivity index (χ1v) is 1.69. The monoisotopic (exact) mass is 103 g/mol. The van der Waals surface area contributed by atoms with Crippen molar-refractivity contribution in [2.45, 2.75) is 6.92 Å². The number of amides is 2. The van der Waals surface area contributed by atoms with Crippen LogP contribution in [0.2, 0.25) is 0 Å². The molecule has 4 heteroatoms. The van der Waals surface area contributed by atoms with E-state index in [2.05, 4.69) is 10.7 Å². The van der Waals surface area contributed by atoms with Gasteiger partial charge in [0.2, 0.25) is 0 Å². The van der Waals surface area contributed by atoms with Crippen LogP contribution < -0.4 is 5.73 Å². The Labute approximate surface area is 40.7 Å². The molecule has 2 amide bonds. The number of hydrogen-bond donors (Lipinski definition) is 1. The van der Waals surface area contributed by atoms with Crippen LogP contribution in [0.25, 0.3) is 0 Å². The fourth-order valence-electron chi connectivity index (χ4n) is 0.165. The van der Waals surface area contributed by atoms with Crippen LogP contribution in [0, 0.1) is 0 Å². The van der Waals surface area contributed by atoms with E-state index in [1.54, 1.807) is 0 Å². The lowest BCUT2D eigenvalue weighted by molar-refractivity contribution is 0.256. The van der Waals surface area contributed by atoms with Crippen molar-refractivity contribution in [2.24, 2.45) is 10.7 Å². The van der Waals surface area contributed by atoms with Crippen molar-refractivity contribution in [3.05, 3.63) is 0 Å². The number of carbonyl (C=O) groups is 1. The fraction of sp³-hybridized carbons (Fsp3) is 0.333. The van der Waals surface area contributed by atoms with Crippen LogP contribution in [0.15, 0.2) is 4.99 Å². The molecule has 0 aliphatic carbocycles. The average Bonchev–Trinajstić information content (AvgIpc) is 1.27. The molecular weight excluding hydrogens is 96.0 g/mol. The molecule has 0 saturated heterocycles. The predicted octanol–water partition coefficient (Wildman–Crippen LogP) is -0.792. The van der Waals surface area contributed by atoms with Crippen LogP contribution in [-0.4, -0.2) is 17.0 Å². The van der Waals surface area contributed by atoms with Crippen molar-refractivity contribution in [3.8, 4) is 0 Å². The number of urea groups is 1. The summed E-state index contributed by atoms with van der Waals surface area (Å²) < 4.78 is 0. The molecular formula is C3H7N2O2+. The summed E-state index contributed by atoms with van der Waals surface area (Å²) in [5.74, 6) is -0.0625. The molecule has 0 unspecified atom stereocenters. The molecule has 0 saturated carbocycles. The van der Waals surface area contributed by atoms with E-state index in [1.807, 2.05) is 0 Å². The number of rotatable bonds is 0. The zero-order chi connectivity index (χ0) is 5.86. The van der Waals surface area contributed by atoms with Gasteiger partial charge in [0.1, 0.15) is 0 Å². The smallest absolute Gasteiger partial charge is 0.345 e. The van der Waals surface area contributed by atoms with Gasteiger partial charge in [-0.05, 0) is 0 Å². The molecule has 0 aliphatic rings. The Morgan fingerprint density at radius 3 is 2.29 bits per heavy atom. The molecule has 0 aromatic carbocycles. The number of nitrogens with zero attached hydrogens (tertiary/aromatic N) is 1. The van der Waals surface area contributed by atoms with Gasteiger partial charge >= 0.3 is 11.9 Å². The molecule has 0 spiro atoms. The van der Waals surface area contributed by atoms with Crippen molar-refractivity contribution >= 4 is 11.9 Å². The van der Waals surface area contributed by atoms with Crippen LogP contribution in [0.3, 0.4) is 0 Å². The molecule has 7 heavy (non-hydrogen) atoms. The summed E-state index contributed by atoms with van der Waals surface area (Å²) in [6.07, 6.45) is 0. The molecule has 4 N–H and O–H groups in total. The highest BCUT2D eigenvalue weighted by molar-refractivity contribution is 5.87. The molecule has 4 nitrogen and oxygen atoms in total. The van der Waals surface area contributed by atoms with E-state index in [0.717, 1.165) is 0 Å². The third-order valence-electron chi connectivity index (χ3n) is 0.278. The first-order valence-electron chi connectivity index (χ1n) is 1.69. The summed E-state index contributed by atoms with van der Waals surface area (Å²) in [4.78, 5) is 12.7. The Kier molecular flexibility index (Phi) is 1.84. The van der Waals surface area contributed by atoms with Gasteiger partial charge in [-0.15, -0.1) is 4.99 Å². The van der Waals surface area contributed by atoms with Crippen LogP contribution in [-0.2, 0) is 0 Å². The van der Waals surface area contributed by atoms with E-state index in [4.69, 9.17) is 5.11 Å². The Morgan fingerprint density at radius 1 is 1.86 bits per heavy atom. The average molecular weight is 103 g/mol. The normalized spacial score (nSPS) is 11.3. The summed E-state index contributed by atoms with van der Waals surface area (Å²) in [6.45, 7) is 1.38. The Balaban J connectivity index is 3.68. The Hall–Kier alpha value is -1.06. The quantitative estimate of drug-likeness (QED) is 0.243. The fourth-order valence-corrected chi connectivity index (χ4v) is 0.165. The number of carbonyl (C=O) groups excluding carboxylic acids is 1. The van der Waals surface area contributed by atoms with Crippen LogP contribution >= 0.6 is 0 Å². The van der Waals surface area contributed by atoms with Gasteiger partial charge in [0.25, 0.3) is 0 Å². The second-order valence-electron chi connectivity index (χ2n) is 1.04. The second-order valence-corrected chi connectivity index (χ2v) is 1.04. The molecule has 0 rings (SSSR count). The highest BCUT2D eigenvalue weighted by Gasteiger charge is 1.89. The maximum Gasteiger partial charge on any atom is 0.345 e. The predicted molar refractivity (Wildman–Crippen MR) is 26.3 cm³/mol. The molecule has 0 radical (unpaired) electrons. The third-order valence-corrected chi connectivity index (χ3v) is 0.278. The first kappa shape index (κ1) is 5.94. The van der Waals surface area contributed by atoms with Gasteiger partial charge in [-0.25, -0.2) is 4.79 Å². The van der Waals surface area contributed by atoms with E-state index in [9.17, 15) is 4.79 Å². The number of aliphatic imine (C=N–C) groups is 1. The maximum absolute atomic E-state index is 9.72. The second kappa shape index (κ2) is 2.17. The molecule has 0 aromatic rings. The Morgan fingerprint density at radius 2 is 2.29 bits per heavy atom. The molecule has 0 atom stereocenters. The minimum absolute atomic E-state index is 0.0625. The van der Waals surface area contributed by atoms with Gasteiger partial charge in [-0.3, -0.25) is 0 Å². The Bertz CT molecular complexity index is 104. The lowest BCUT2D eigenvalue weighted by atomic mass is 10.8. The SMILES string of the molecule is C/C([OH2+])=N/C(N)=O. The van der Waals surface area contributed by atoms with Gasteiger partial charge in [0.15, 0.2) is 0 Å². The molecule has 0 heterocycles. The molecule has 0 aliphatic heterocycles. The highest BCUT2D eigenvalue weighted by Crippen LogP contribution is 1.68. The summed E-state index contributed by atoms with van der Waals surface area (Å²) in [7, 11) is 0. The van der Waals surface area contributed by atoms with Gasteiger partial charge in [-0.2, -0.15) is 0 Å². The molecule has 0 fully saturated rings. The number of primary amides is 1. The van der Waals surface area contributed by atoms with E-state index >= 15 is 0 Å². The van der Waals surface area contributed by atoms with Crippen LogP contribution in [0.5, 0.6) is 0 Å². The van der Waals surface area contributed by atoms with Crippen molar-refractivity contribution in [3.63, 3.8) is 0 Å². The van der Waals surface area contributed by atoms with E-state index < -0.39 is 6.03 Å². The zero-order valence-electron chi connectivity index (χ0n) is 3.93. The summed E-state index contributed by atoms with van der Waals surface area (Å²) in [5.41, 5.74) is 4.55. The summed E-state index contributed by atoms with van der Waals surface area (Å²) >= 11 is 0. The maximum atomic E-state index is 9.72. The minimum Gasteiger partial charge on any atom is -0.582 e. The van der Waals surface area contributed by atoms with Crippen molar-refractivity contribution in [1.29, 1.82) is 0 Å². The van der Waals surface area contributed by atoms with E-state index in [1.165, 1.54) is 6.92 Å². The lowest BCUT2D eigenvalue weighted by Gasteiger charge is -1.76. The third kappa shape index (κ3) is 4.94. The standard InChI is InChI=1S/C3H6N2O2/c1-2(6)5-3(4)7/h1H3,(H3,4,5,6,7)/p+1. The lowest BCUT2D eigenvalue weighted by Crippen LogP contribution is -2.06. The topological polar surface area (TPSA) is 78.3 Å². The zero-order valence-corrected chi connectivity index (χ0v) is 3.93. The van der Waals surface area contributed by atoms with Crippen LogP contribution in [0.1, 0.15) is 6.92 Å². The number of nitrogens with two attached hydrogens (primary N) is 1. The van der Waals surface area contributed by atoms with Crippen molar-refractivity contribution < 1.29 is 9.90 Å². The van der Waals surface area contributed by atoms with E-state index in [0.29, 0.717) is 0 Å². The van der Waals surface area contributed by atoms with Gasteiger partial charge in [0.05, 0.1) is 6.92 Å². The molecule has 40 valence electrons. The van der Waals surface area contributed by atoms with Crippen molar-refractivity contribution in [1.82, 2.24) is 0 Å². The molecule has 0 aromatic heterocycles. The van der Waals surface area contributed by atoms with Gasteiger partial charge in [0, 0.05) is 0 Å². The molecule has 0 bridgehead atoms. The number of hydrogen-bond acceptors (Lipinski definition) is 1. The summed E-state index contributed by atoms with van der Waals surface area (Å²) in [5, 5.41) is 6.56. The highest BCUT2D eigenvalue weighted by atomic mass is 16.3. The van der Waals surface area contributed by atoms with Crippen LogP contribution in [0.4, 0.5) is 4.79 Å².